The van der Waals surface area contributed by atoms with Gasteiger partial charge in [0.05, 0.1) is 18.8 Å². The Morgan fingerprint density at radius 2 is 1.96 bits per heavy atom. The molecule has 132 valence electrons. The van der Waals surface area contributed by atoms with Crippen molar-refractivity contribution in [2.24, 2.45) is 0 Å². The Bertz CT molecular complexity index is 934. The lowest BCUT2D eigenvalue weighted by atomic mass is 10.2. The molecule has 1 aliphatic rings. The first-order chi connectivity index (χ1) is 12.6. The lowest BCUT2D eigenvalue weighted by Gasteiger charge is -2.13. The quantitative estimate of drug-likeness (QED) is 0.725. The van der Waals surface area contributed by atoms with Gasteiger partial charge in [0.1, 0.15) is 5.76 Å². The zero-order chi connectivity index (χ0) is 18.1. The summed E-state index contributed by atoms with van der Waals surface area (Å²) in [5.41, 5.74) is 2.85. The van der Waals surface area contributed by atoms with Crippen LogP contribution in [0.5, 0.6) is 0 Å². The molecule has 0 fully saturated rings. The summed E-state index contributed by atoms with van der Waals surface area (Å²) in [6, 6.07) is 13.4. The number of furan rings is 1. The average molecular weight is 348 g/mol. The number of benzene rings is 1. The molecule has 0 N–H and O–H groups in total. The van der Waals surface area contributed by atoms with Crippen molar-refractivity contribution < 1.29 is 9.21 Å². The first-order valence-corrected chi connectivity index (χ1v) is 8.53. The van der Waals surface area contributed by atoms with Gasteiger partial charge < -0.3 is 14.2 Å². The molecule has 0 atom stereocenters. The second-order valence-electron chi connectivity index (χ2n) is 6.70. The van der Waals surface area contributed by atoms with Crippen LogP contribution in [-0.4, -0.2) is 39.8 Å². The van der Waals surface area contributed by atoms with Crippen LogP contribution in [0.2, 0.25) is 0 Å². The SMILES string of the molecule is CN(C)Cc1ccc(C(=O)N2Cc3cnc(-c4ccccc4)nc3C2)o1. The Morgan fingerprint density at radius 1 is 1.15 bits per heavy atom. The van der Waals surface area contributed by atoms with Crippen LogP contribution in [0.3, 0.4) is 0 Å². The molecule has 26 heavy (non-hydrogen) atoms. The van der Waals surface area contributed by atoms with Crippen LogP contribution >= 0.6 is 0 Å². The monoisotopic (exact) mass is 348 g/mol. The maximum absolute atomic E-state index is 12.7. The van der Waals surface area contributed by atoms with E-state index in [1.165, 1.54) is 0 Å². The second-order valence-corrected chi connectivity index (χ2v) is 6.70. The molecule has 0 bridgehead atoms. The van der Waals surface area contributed by atoms with Crippen molar-refractivity contribution in [2.75, 3.05) is 14.1 Å². The van der Waals surface area contributed by atoms with Gasteiger partial charge in [-0.25, -0.2) is 9.97 Å². The third kappa shape index (κ3) is 3.23. The smallest absolute Gasteiger partial charge is 0.290 e. The minimum absolute atomic E-state index is 0.116. The maximum atomic E-state index is 12.7. The molecule has 3 aromatic rings. The van der Waals surface area contributed by atoms with Crippen LogP contribution in [0.4, 0.5) is 0 Å². The van der Waals surface area contributed by atoms with Crippen LogP contribution in [0.25, 0.3) is 11.4 Å². The van der Waals surface area contributed by atoms with E-state index in [-0.39, 0.29) is 5.91 Å². The Balaban J connectivity index is 1.51. The van der Waals surface area contributed by atoms with Crippen molar-refractivity contribution in [1.82, 2.24) is 19.8 Å². The van der Waals surface area contributed by atoms with Crippen molar-refractivity contribution in [1.29, 1.82) is 0 Å². The maximum Gasteiger partial charge on any atom is 0.290 e. The molecule has 1 amide bonds. The Hall–Kier alpha value is -2.99. The lowest BCUT2D eigenvalue weighted by molar-refractivity contribution is 0.0715. The normalized spacial score (nSPS) is 13.3. The summed E-state index contributed by atoms with van der Waals surface area (Å²) in [7, 11) is 3.92. The van der Waals surface area contributed by atoms with Crippen molar-refractivity contribution in [3.63, 3.8) is 0 Å². The summed E-state index contributed by atoms with van der Waals surface area (Å²) in [6.45, 7) is 1.65. The molecule has 0 spiro atoms. The van der Waals surface area contributed by atoms with Gasteiger partial charge in [0.25, 0.3) is 5.91 Å². The lowest BCUT2D eigenvalue weighted by Crippen LogP contribution is -2.25. The standard InChI is InChI=1S/C20H20N4O2/c1-23(2)12-16-8-9-18(26-16)20(25)24-11-15-10-21-19(22-17(15)13-24)14-6-4-3-5-7-14/h3-10H,11-13H2,1-2H3. The predicted octanol–water partition coefficient (Wildman–Crippen LogP) is 2.95. The van der Waals surface area contributed by atoms with Gasteiger partial charge in [0, 0.05) is 23.9 Å². The molecule has 0 aliphatic carbocycles. The fraction of sp³-hybridized carbons (Fsp3) is 0.250. The van der Waals surface area contributed by atoms with Crippen molar-refractivity contribution in [3.05, 3.63) is 71.4 Å². The molecule has 1 aromatic carbocycles. The molecule has 6 heteroatoms. The summed E-state index contributed by atoms with van der Waals surface area (Å²) in [4.78, 5) is 25.6. The zero-order valence-corrected chi connectivity index (χ0v) is 14.8. The molecule has 0 radical (unpaired) electrons. The average Bonchev–Trinajstić information content (AvgIpc) is 3.27. The van der Waals surface area contributed by atoms with E-state index in [0.29, 0.717) is 31.2 Å². The van der Waals surface area contributed by atoms with Crippen molar-refractivity contribution in [3.8, 4) is 11.4 Å². The topological polar surface area (TPSA) is 62.5 Å². The van der Waals surface area contributed by atoms with E-state index in [9.17, 15) is 4.79 Å². The first-order valence-electron chi connectivity index (χ1n) is 8.53. The molecule has 0 saturated carbocycles. The number of fused-ring (bicyclic) bond motifs is 1. The highest BCUT2D eigenvalue weighted by atomic mass is 16.4. The van der Waals surface area contributed by atoms with Crippen molar-refractivity contribution >= 4 is 5.91 Å². The zero-order valence-electron chi connectivity index (χ0n) is 14.8. The molecule has 0 unspecified atom stereocenters. The van der Waals surface area contributed by atoms with Gasteiger partial charge in [0.2, 0.25) is 0 Å². The summed E-state index contributed by atoms with van der Waals surface area (Å²) in [5.74, 6) is 1.71. The van der Waals surface area contributed by atoms with Gasteiger partial charge in [-0.3, -0.25) is 4.79 Å². The number of hydrogen-bond acceptors (Lipinski definition) is 5. The van der Waals surface area contributed by atoms with E-state index >= 15 is 0 Å². The highest BCUT2D eigenvalue weighted by molar-refractivity contribution is 5.91. The third-order valence-electron chi connectivity index (χ3n) is 4.32. The van der Waals surface area contributed by atoms with E-state index in [2.05, 4.69) is 9.97 Å². The molecule has 3 heterocycles. The Morgan fingerprint density at radius 3 is 2.73 bits per heavy atom. The molecular weight excluding hydrogens is 328 g/mol. The van der Waals surface area contributed by atoms with E-state index in [1.54, 1.807) is 11.0 Å². The van der Waals surface area contributed by atoms with E-state index in [4.69, 9.17) is 4.42 Å². The second kappa shape index (κ2) is 6.72. The highest BCUT2D eigenvalue weighted by Crippen LogP contribution is 2.25. The highest BCUT2D eigenvalue weighted by Gasteiger charge is 2.28. The summed E-state index contributed by atoms with van der Waals surface area (Å²) in [6.07, 6.45) is 1.82. The summed E-state index contributed by atoms with van der Waals surface area (Å²) in [5, 5.41) is 0. The molecule has 1 aliphatic heterocycles. The molecule has 2 aromatic heterocycles. The molecular formula is C20H20N4O2. The Kier molecular flexibility index (Phi) is 4.26. The minimum atomic E-state index is -0.116. The number of aromatic nitrogens is 2. The van der Waals surface area contributed by atoms with Gasteiger partial charge >= 0.3 is 0 Å². The largest absolute Gasteiger partial charge is 0.455 e. The van der Waals surface area contributed by atoms with E-state index < -0.39 is 0 Å². The predicted molar refractivity (Wildman–Crippen MR) is 97.1 cm³/mol. The first kappa shape index (κ1) is 16.5. The van der Waals surface area contributed by atoms with E-state index in [1.807, 2.05) is 61.6 Å². The molecule has 6 nitrogen and oxygen atoms in total. The van der Waals surface area contributed by atoms with Crippen molar-refractivity contribution in [2.45, 2.75) is 19.6 Å². The Labute approximate surface area is 152 Å². The molecule has 0 saturated heterocycles. The van der Waals surface area contributed by atoms with Crippen LogP contribution < -0.4 is 0 Å². The van der Waals surface area contributed by atoms with Gasteiger partial charge in [-0.1, -0.05) is 30.3 Å². The van der Waals surface area contributed by atoms with Gasteiger partial charge in [0.15, 0.2) is 11.6 Å². The van der Waals surface area contributed by atoms with Gasteiger partial charge in [-0.15, -0.1) is 0 Å². The number of nitrogens with zero attached hydrogens (tertiary/aromatic N) is 4. The fourth-order valence-corrected chi connectivity index (χ4v) is 3.07. The molecule has 4 rings (SSSR count). The van der Waals surface area contributed by atoms with Gasteiger partial charge in [-0.2, -0.15) is 0 Å². The van der Waals surface area contributed by atoms with E-state index in [0.717, 1.165) is 22.6 Å². The number of carbonyl (C=O) groups excluding carboxylic acids is 1. The van der Waals surface area contributed by atoms with Crippen LogP contribution in [-0.2, 0) is 19.6 Å². The third-order valence-corrected chi connectivity index (χ3v) is 4.32. The number of hydrogen-bond donors (Lipinski definition) is 0. The van der Waals surface area contributed by atoms with Crippen LogP contribution in [0.15, 0.2) is 53.1 Å². The summed E-state index contributed by atoms with van der Waals surface area (Å²) >= 11 is 0. The minimum Gasteiger partial charge on any atom is -0.455 e. The fourth-order valence-electron chi connectivity index (χ4n) is 3.07. The van der Waals surface area contributed by atoms with Gasteiger partial charge in [-0.05, 0) is 26.2 Å². The number of rotatable bonds is 4. The van der Waals surface area contributed by atoms with Crippen LogP contribution in [0.1, 0.15) is 27.6 Å². The van der Waals surface area contributed by atoms with Crippen LogP contribution in [0, 0.1) is 0 Å². The number of amides is 1. The number of carbonyl (C=O) groups is 1. The summed E-state index contributed by atoms with van der Waals surface area (Å²) < 4.78 is 5.69.